The second kappa shape index (κ2) is 9.95. The lowest BCUT2D eigenvalue weighted by molar-refractivity contribution is 0.383. The first-order valence-electron chi connectivity index (χ1n) is 12.1. The highest BCUT2D eigenvalue weighted by Crippen LogP contribution is 2.30. The van der Waals surface area contributed by atoms with Crippen molar-refractivity contribution in [3.63, 3.8) is 0 Å². The Morgan fingerprint density at radius 2 is 1.08 bits per heavy atom. The molecule has 0 fully saturated rings. The van der Waals surface area contributed by atoms with Gasteiger partial charge in [-0.25, -0.2) is 9.98 Å². The van der Waals surface area contributed by atoms with Gasteiger partial charge < -0.3 is 4.90 Å². The van der Waals surface area contributed by atoms with Gasteiger partial charge in [0.05, 0.1) is 0 Å². The van der Waals surface area contributed by atoms with E-state index in [0.717, 1.165) is 44.8 Å². The largest absolute Gasteiger partial charge is 0.333 e. The summed E-state index contributed by atoms with van der Waals surface area (Å²) >= 11 is 0. The van der Waals surface area contributed by atoms with Crippen LogP contribution in [0.4, 0.5) is 0 Å². The maximum absolute atomic E-state index is 5.04. The minimum atomic E-state index is -0.228. The Bertz CT molecular complexity index is 1550. The second-order valence-electron chi connectivity index (χ2n) is 8.79. The van der Waals surface area contributed by atoms with E-state index in [2.05, 4.69) is 68.4 Å². The minimum absolute atomic E-state index is 0.228. The fraction of sp³-hybridized carbons (Fsp3) is 0.0645. The first-order valence-corrected chi connectivity index (χ1v) is 12.1. The van der Waals surface area contributed by atoms with E-state index < -0.39 is 0 Å². The van der Waals surface area contributed by atoms with Gasteiger partial charge >= 0.3 is 0 Å². The molecule has 6 heteroatoms. The minimum Gasteiger partial charge on any atom is -0.333 e. The molecule has 4 heterocycles. The average Bonchev–Trinajstić information content (AvgIpc) is 2.99. The van der Waals surface area contributed by atoms with Crippen LogP contribution in [0.2, 0.25) is 0 Å². The third-order valence-electron chi connectivity index (χ3n) is 6.46. The molecule has 0 bridgehead atoms. The third kappa shape index (κ3) is 4.65. The van der Waals surface area contributed by atoms with Crippen LogP contribution in [0.1, 0.15) is 22.9 Å². The number of aliphatic imine (C=N–C) groups is 2. The highest BCUT2D eigenvalue weighted by atomic mass is 15.3. The average molecular weight is 481 g/mol. The highest BCUT2D eigenvalue weighted by Gasteiger charge is 2.26. The molecule has 6 rings (SSSR count). The maximum atomic E-state index is 5.04. The summed E-state index contributed by atoms with van der Waals surface area (Å²) in [6, 6.07) is 29.0. The normalized spacial score (nSPS) is 15.2. The summed E-state index contributed by atoms with van der Waals surface area (Å²) in [5, 5.41) is 0. The zero-order valence-corrected chi connectivity index (χ0v) is 20.3. The van der Waals surface area contributed by atoms with E-state index in [4.69, 9.17) is 9.98 Å². The number of hydrogen-bond donors (Lipinski definition) is 0. The highest BCUT2D eigenvalue weighted by molar-refractivity contribution is 6.12. The lowest BCUT2D eigenvalue weighted by atomic mass is 10.0. The summed E-state index contributed by atoms with van der Waals surface area (Å²) in [6.45, 7) is 0. The van der Waals surface area contributed by atoms with Crippen molar-refractivity contribution in [2.45, 2.75) is 6.17 Å². The molecule has 37 heavy (non-hydrogen) atoms. The lowest BCUT2D eigenvalue weighted by Gasteiger charge is -2.32. The van der Waals surface area contributed by atoms with E-state index >= 15 is 0 Å². The maximum Gasteiger partial charge on any atom is 0.160 e. The molecule has 1 aliphatic rings. The van der Waals surface area contributed by atoms with Crippen molar-refractivity contribution in [3.8, 4) is 22.3 Å². The van der Waals surface area contributed by atoms with E-state index in [1.54, 1.807) is 12.4 Å². The van der Waals surface area contributed by atoms with Gasteiger partial charge in [0.2, 0.25) is 0 Å². The zero-order valence-electron chi connectivity index (χ0n) is 20.3. The van der Waals surface area contributed by atoms with E-state index in [1.807, 2.05) is 68.2 Å². The molecule has 0 aliphatic carbocycles. The van der Waals surface area contributed by atoms with Gasteiger partial charge in [-0.2, -0.15) is 0 Å². The van der Waals surface area contributed by atoms with Crippen LogP contribution in [0.5, 0.6) is 0 Å². The Balaban J connectivity index is 1.37. The van der Waals surface area contributed by atoms with Crippen molar-refractivity contribution in [2.75, 3.05) is 7.05 Å². The molecule has 0 saturated carbocycles. The topological polar surface area (TPSA) is 66.6 Å². The summed E-state index contributed by atoms with van der Waals surface area (Å²) < 4.78 is 0. The van der Waals surface area contributed by atoms with Gasteiger partial charge in [-0.3, -0.25) is 15.0 Å². The van der Waals surface area contributed by atoms with Crippen LogP contribution in [-0.2, 0) is 0 Å². The summed E-state index contributed by atoms with van der Waals surface area (Å²) in [4.78, 5) is 24.7. The quantitative estimate of drug-likeness (QED) is 0.307. The van der Waals surface area contributed by atoms with Crippen LogP contribution in [-0.4, -0.2) is 38.6 Å². The Morgan fingerprint density at radius 1 is 0.541 bits per heavy atom. The number of hydrogen-bond acceptors (Lipinski definition) is 6. The molecule has 0 spiro atoms. The SMILES string of the molecule is CN1C(c2ccc(-c3ccncc3)cc2)=NC(c2cccnc2)=NC1c1ccc(-c2ccncc2)cc1. The molecule has 2 aromatic carbocycles. The number of benzene rings is 2. The van der Waals surface area contributed by atoms with E-state index in [1.165, 1.54) is 0 Å². The van der Waals surface area contributed by atoms with Crippen LogP contribution in [0.3, 0.4) is 0 Å². The fourth-order valence-electron chi connectivity index (χ4n) is 4.47. The predicted octanol–water partition coefficient (Wildman–Crippen LogP) is 6.04. The van der Waals surface area contributed by atoms with Crippen molar-refractivity contribution < 1.29 is 0 Å². The van der Waals surface area contributed by atoms with Gasteiger partial charge in [-0.1, -0.05) is 48.5 Å². The molecule has 0 amide bonds. The van der Waals surface area contributed by atoms with Crippen LogP contribution in [0, 0.1) is 0 Å². The summed E-state index contributed by atoms with van der Waals surface area (Å²) in [5.41, 5.74) is 7.54. The molecule has 0 radical (unpaired) electrons. The third-order valence-corrected chi connectivity index (χ3v) is 6.46. The monoisotopic (exact) mass is 480 g/mol. The van der Waals surface area contributed by atoms with Crippen molar-refractivity contribution >= 4 is 11.7 Å². The molecule has 0 saturated heterocycles. The lowest BCUT2D eigenvalue weighted by Crippen LogP contribution is -2.35. The molecule has 178 valence electrons. The molecular weight excluding hydrogens is 456 g/mol. The number of nitrogens with zero attached hydrogens (tertiary/aromatic N) is 6. The molecule has 3 aromatic heterocycles. The van der Waals surface area contributed by atoms with Gasteiger partial charge in [0.1, 0.15) is 12.0 Å². The van der Waals surface area contributed by atoms with Crippen LogP contribution in [0.25, 0.3) is 22.3 Å². The first kappa shape index (κ1) is 22.5. The number of amidine groups is 2. The van der Waals surface area contributed by atoms with Crippen LogP contribution >= 0.6 is 0 Å². The smallest absolute Gasteiger partial charge is 0.160 e. The standard InChI is InChI=1S/C31H24N6/c1-37-30(26-8-4-22(5-9-26)24-12-17-32-18-13-24)35-29(28-3-2-16-34-21-28)36-31(37)27-10-6-23(7-11-27)25-14-19-33-20-15-25/h2-21,30H,1H3. The molecule has 6 nitrogen and oxygen atoms in total. The Morgan fingerprint density at radius 3 is 1.65 bits per heavy atom. The first-order chi connectivity index (χ1) is 18.3. The predicted molar refractivity (Wildman–Crippen MR) is 147 cm³/mol. The Hall–Kier alpha value is -4.97. The molecule has 1 aliphatic heterocycles. The van der Waals surface area contributed by atoms with Crippen molar-refractivity contribution in [2.24, 2.45) is 9.98 Å². The molecule has 5 aromatic rings. The van der Waals surface area contributed by atoms with E-state index in [-0.39, 0.29) is 6.17 Å². The molecular formula is C31H24N6. The van der Waals surface area contributed by atoms with Gasteiger partial charge in [0.15, 0.2) is 5.84 Å². The van der Waals surface area contributed by atoms with Gasteiger partial charge in [0.25, 0.3) is 0 Å². The molecule has 1 atom stereocenters. The molecule has 0 N–H and O–H groups in total. The van der Waals surface area contributed by atoms with E-state index in [0.29, 0.717) is 5.84 Å². The summed E-state index contributed by atoms with van der Waals surface area (Å²) in [6.07, 6.45) is 10.6. The van der Waals surface area contributed by atoms with Gasteiger partial charge in [-0.05, 0) is 64.2 Å². The molecule has 1 unspecified atom stereocenters. The second-order valence-corrected chi connectivity index (χ2v) is 8.79. The Labute approximate surface area is 215 Å². The number of aromatic nitrogens is 3. The van der Waals surface area contributed by atoms with Gasteiger partial charge in [-0.15, -0.1) is 0 Å². The van der Waals surface area contributed by atoms with Crippen molar-refractivity contribution in [3.05, 3.63) is 139 Å². The number of pyridine rings is 3. The zero-order chi connectivity index (χ0) is 25.0. The summed E-state index contributed by atoms with van der Waals surface area (Å²) in [5.74, 6) is 1.53. The van der Waals surface area contributed by atoms with Crippen LogP contribution in [0.15, 0.2) is 132 Å². The number of rotatable bonds is 5. The van der Waals surface area contributed by atoms with Crippen molar-refractivity contribution in [1.29, 1.82) is 0 Å². The fourth-order valence-corrected chi connectivity index (χ4v) is 4.47. The van der Waals surface area contributed by atoms with Crippen LogP contribution < -0.4 is 0 Å². The van der Waals surface area contributed by atoms with Gasteiger partial charge in [0, 0.05) is 55.4 Å². The summed E-state index contributed by atoms with van der Waals surface area (Å²) in [7, 11) is 2.04. The Kier molecular flexibility index (Phi) is 6.05. The van der Waals surface area contributed by atoms with Crippen molar-refractivity contribution in [1.82, 2.24) is 19.9 Å². The van der Waals surface area contributed by atoms with E-state index in [9.17, 15) is 0 Å².